The lowest BCUT2D eigenvalue weighted by molar-refractivity contribution is 0.445. The Labute approximate surface area is 64.5 Å². The molecule has 1 nitrogen and oxygen atoms in total. The quantitative estimate of drug-likeness (QED) is 0.423. The Bertz CT molecular complexity index is 142. The minimum absolute atomic E-state index is 0.0764. The van der Waals surface area contributed by atoms with Crippen molar-refractivity contribution in [3.05, 3.63) is 24.4 Å². The zero-order valence-electron chi connectivity index (χ0n) is 4.80. The van der Waals surface area contributed by atoms with E-state index in [0.717, 1.165) is 0 Å². The second-order valence-electron chi connectivity index (χ2n) is 1.73. The maximum absolute atomic E-state index is 5.79. The van der Waals surface area contributed by atoms with Gasteiger partial charge in [-0.2, -0.15) is 0 Å². The van der Waals surface area contributed by atoms with Crippen molar-refractivity contribution >= 4 is 23.2 Å². The van der Waals surface area contributed by atoms with E-state index in [-0.39, 0.29) is 5.50 Å². The van der Waals surface area contributed by atoms with E-state index < -0.39 is 0 Å². The van der Waals surface area contributed by atoms with Crippen molar-refractivity contribution in [3.8, 4) is 0 Å². The molecule has 1 heterocycles. The lowest BCUT2D eigenvalue weighted by Crippen LogP contribution is -2.24. The van der Waals surface area contributed by atoms with Gasteiger partial charge in [-0.3, -0.25) is 0 Å². The molecule has 3 heteroatoms. The molecule has 1 aliphatic rings. The molecule has 0 aromatic rings. The molecule has 1 rings (SSSR count). The number of rotatable bonds is 1. The molecule has 0 aromatic carbocycles. The molecule has 0 fully saturated rings. The molecule has 0 saturated carbocycles. The Morgan fingerprint density at radius 2 is 2.22 bits per heavy atom. The molecule has 0 radical (unpaired) electrons. The van der Waals surface area contributed by atoms with Gasteiger partial charge in [0.25, 0.3) is 0 Å². The third-order valence-corrected chi connectivity index (χ3v) is 1.79. The summed E-state index contributed by atoms with van der Waals surface area (Å²) in [4.78, 5) is 1.82. The Kier molecular flexibility index (Phi) is 2.43. The number of nitrogens with zero attached hydrogens (tertiary/aromatic N) is 1. The number of hydrogen-bond donors (Lipinski definition) is 0. The molecule has 0 bridgehead atoms. The van der Waals surface area contributed by atoms with Crippen LogP contribution < -0.4 is 0 Å². The fraction of sp³-hybridized carbons (Fsp3) is 0.333. The highest BCUT2D eigenvalue weighted by Gasteiger charge is 2.07. The van der Waals surface area contributed by atoms with E-state index in [0.29, 0.717) is 6.00 Å². The standard InChI is InChI=1S/C6H7Cl2N/c7-5-9-4-2-1-3-6(9)8/h1-4,6H,5H2. The van der Waals surface area contributed by atoms with Crippen LogP contribution in [0, 0.1) is 0 Å². The summed E-state index contributed by atoms with van der Waals surface area (Å²) < 4.78 is 0. The lowest BCUT2D eigenvalue weighted by Gasteiger charge is -2.22. The molecule has 0 spiro atoms. The third-order valence-electron chi connectivity index (χ3n) is 1.11. The summed E-state index contributed by atoms with van der Waals surface area (Å²) in [6.45, 7) is 0. The zero-order valence-corrected chi connectivity index (χ0v) is 6.31. The van der Waals surface area contributed by atoms with Crippen molar-refractivity contribution < 1.29 is 0 Å². The van der Waals surface area contributed by atoms with Gasteiger partial charge in [-0.15, -0.1) is 11.6 Å². The molecular weight excluding hydrogens is 157 g/mol. The maximum atomic E-state index is 5.79. The average molecular weight is 164 g/mol. The Morgan fingerprint density at radius 1 is 1.44 bits per heavy atom. The summed E-state index contributed by atoms with van der Waals surface area (Å²) in [5.74, 6) is 0. The molecule has 50 valence electrons. The van der Waals surface area contributed by atoms with E-state index in [9.17, 15) is 0 Å². The third kappa shape index (κ3) is 1.63. The highest BCUT2D eigenvalue weighted by atomic mass is 35.5. The largest absolute Gasteiger partial charge is 0.344 e. The molecule has 0 aromatic heterocycles. The molecule has 9 heavy (non-hydrogen) atoms. The van der Waals surface area contributed by atoms with E-state index in [1.807, 2.05) is 29.3 Å². The number of allylic oxidation sites excluding steroid dienone is 2. The molecule has 0 saturated heterocycles. The van der Waals surface area contributed by atoms with Gasteiger partial charge < -0.3 is 4.90 Å². The predicted octanol–water partition coefficient (Wildman–Crippen LogP) is 2.13. The average Bonchev–Trinajstić information content (AvgIpc) is 1.89. The van der Waals surface area contributed by atoms with Gasteiger partial charge >= 0.3 is 0 Å². The Balaban J connectivity index is 2.55. The van der Waals surface area contributed by atoms with Gasteiger partial charge in [-0.25, -0.2) is 0 Å². The number of hydrogen-bond acceptors (Lipinski definition) is 1. The highest BCUT2D eigenvalue weighted by molar-refractivity contribution is 6.22. The molecule has 0 N–H and O–H groups in total. The van der Waals surface area contributed by atoms with E-state index >= 15 is 0 Å². The molecule has 1 aliphatic heterocycles. The maximum Gasteiger partial charge on any atom is 0.123 e. The van der Waals surface area contributed by atoms with Crippen molar-refractivity contribution in [3.63, 3.8) is 0 Å². The van der Waals surface area contributed by atoms with Crippen LogP contribution in [0.5, 0.6) is 0 Å². The first-order valence-electron chi connectivity index (χ1n) is 2.65. The van der Waals surface area contributed by atoms with Crippen molar-refractivity contribution in [2.75, 3.05) is 6.00 Å². The van der Waals surface area contributed by atoms with Crippen LogP contribution >= 0.6 is 23.2 Å². The van der Waals surface area contributed by atoms with E-state index in [1.165, 1.54) is 0 Å². The van der Waals surface area contributed by atoms with Gasteiger partial charge in [0.05, 0.1) is 6.00 Å². The molecule has 1 atom stereocenters. The van der Waals surface area contributed by atoms with Gasteiger partial charge in [0, 0.05) is 6.20 Å². The first kappa shape index (κ1) is 6.97. The minimum atomic E-state index is -0.0764. The molecule has 1 unspecified atom stereocenters. The first-order chi connectivity index (χ1) is 4.34. The Hall–Kier alpha value is -0.140. The summed E-state index contributed by atoms with van der Waals surface area (Å²) in [5.41, 5.74) is -0.0764. The molecule has 0 amide bonds. The van der Waals surface area contributed by atoms with Crippen LogP contribution in [0.3, 0.4) is 0 Å². The van der Waals surface area contributed by atoms with Crippen molar-refractivity contribution in [2.24, 2.45) is 0 Å². The highest BCUT2D eigenvalue weighted by Crippen LogP contribution is 2.11. The van der Waals surface area contributed by atoms with Crippen LogP contribution in [0.25, 0.3) is 0 Å². The predicted molar refractivity (Wildman–Crippen MR) is 40.5 cm³/mol. The van der Waals surface area contributed by atoms with Crippen LogP contribution in [-0.2, 0) is 0 Å². The fourth-order valence-electron chi connectivity index (χ4n) is 0.615. The van der Waals surface area contributed by atoms with Crippen molar-refractivity contribution in [2.45, 2.75) is 5.50 Å². The molecular formula is C6H7Cl2N. The lowest BCUT2D eigenvalue weighted by atomic mass is 10.4. The van der Waals surface area contributed by atoms with Crippen LogP contribution in [-0.4, -0.2) is 16.4 Å². The van der Waals surface area contributed by atoms with Crippen molar-refractivity contribution in [1.82, 2.24) is 4.90 Å². The summed E-state index contributed by atoms with van der Waals surface area (Å²) in [7, 11) is 0. The van der Waals surface area contributed by atoms with Gasteiger partial charge in [-0.1, -0.05) is 17.7 Å². The molecule has 0 aliphatic carbocycles. The summed E-state index contributed by atoms with van der Waals surface area (Å²) >= 11 is 11.3. The number of alkyl halides is 2. The first-order valence-corrected chi connectivity index (χ1v) is 3.62. The second kappa shape index (κ2) is 3.14. The monoisotopic (exact) mass is 163 g/mol. The van der Waals surface area contributed by atoms with Gasteiger partial charge in [0.2, 0.25) is 0 Å². The second-order valence-corrected chi connectivity index (χ2v) is 2.42. The van der Waals surface area contributed by atoms with Gasteiger partial charge in [0.15, 0.2) is 0 Å². The SMILES string of the molecule is ClCN1C=CC=CC1Cl. The van der Waals surface area contributed by atoms with E-state index in [2.05, 4.69) is 0 Å². The fourth-order valence-corrected chi connectivity index (χ4v) is 1.13. The van der Waals surface area contributed by atoms with Gasteiger partial charge in [-0.05, 0) is 12.2 Å². The summed E-state index contributed by atoms with van der Waals surface area (Å²) in [5, 5.41) is 0. The van der Waals surface area contributed by atoms with Crippen LogP contribution in [0.4, 0.5) is 0 Å². The van der Waals surface area contributed by atoms with Crippen molar-refractivity contribution in [1.29, 1.82) is 0 Å². The number of halogens is 2. The zero-order chi connectivity index (χ0) is 6.69. The minimum Gasteiger partial charge on any atom is -0.344 e. The van der Waals surface area contributed by atoms with Crippen LogP contribution in [0.1, 0.15) is 0 Å². The van der Waals surface area contributed by atoms with E-state index in [1.54, 1.807) is 0 Å². The smallest absolute Gasteiger partial charge is 0.123 e. The Morgan fingerprint density at radius 3 is 2.67 bits per heavy atom. The summed E-state index contributed by atoms with van der Waals surface area (Å²) in [6.07, 6.45) is 7.55. The van der Waals surface area contributed by atoms with E-state index in [4.69, 9.17) is 23.2 Å². The summed E-state index contributed by atoms with van der Waals surface area (Å²) in [6, 6.07) is 0.439. The van der Waals surface area contributed by atoms with Crippen LogP contribution in [0.15, 0.2) is 24.4 Å². The van der Waals surface area contributed by atoms with Gasteiger partial charge in [0.1, 0.15) is 5.50 Å². The topological polar surface area (TPSA) is 3.24 Å². The normalized spacial score (nSPS) is 25.1. The van der Waals surface area contributed by atoms with Crippen LogP contribution in [0.2, 0.25) is 0 Å².